The number of rotatable bonds is 4. The number of fused-ring (bicyclic) bond motifs is 1. The van der Waals surface area contributed by atoms with Gasteiger partial charge >= 0.3 is 5.97 Å². The number of carbonyl (C=O) groups is 1. The fourth-order valence-corrected chi connectivity index (χ4v) is 1.89. The molecule has 0 bridgehead atoms. The van der Waals surface area contributed by atoms with Gasteiger partial charge in [-0.05, 0) is 36.4 Å². The van der Waals surface area contributed by atoms with Crippen molar-refractivity contribution < 1.29 is 9.90 Å². The van der Waals surface area contributed by atoms with Crippen LogP contribution in [0.25, 0.3) is 11.0 Å². The number of benzene rings is 2. The van der Waals surface area contributed by atoms with Crippen molar-refractivity contribution in [2.24, 2.45) is 5.10 Å². The van der Waals surface area contributed by atoms with Crippen LogP contribution >= 0.6 is 0 Å². The number of nitrogens with one attached hydrogen (secondary N) is 1. The van der Waals surface area contributed by atoms with Crippen molar-refractivity contribution >= 4 is 28.9 Å². The van der Waals surface area contributed by atoms with E-state index in [2.05, 4.69) is 20.5 Å². The number of aromatic carboxylic acids is 1. The van der Waals surface area contributed by atoms with Crippen LogP contribution in [-0.2, 0) is 0 Å². The standard InChI is InChI=1S/C16H12N4O2/c21-16(22)11-5-7-12(8-6-11)20-18-10-13-9-17-14-3-1-2-4-15(14)19-13/h1-10,20H,(H,21,22)/b18-10-. The zero-order valence-electron chi connectivity index (χ0n) is 11.5. The van der Waals surface area contributed by atoms with E-state index in [0.717, 1.165) is 11.0 Å². The molecule has 6 heteroatoms. The smallest absolute Gasteiger partial charge is 0.335 e. The first-order valence-corrected chi connectivity index (χ1v) is 6.56. The molecule has 108 valence electrons. The van der Waals surface area contributed by atoms with Gasteiger partial charge in [-0.2, -0.15) is 5.10 Å². The summed E-state index contributed by atoms with van der Waals surface area (Å²) >= 11 is 0. The summed E-state index contributed by atoms with van der Waals surface area (Å²) < 4.78 is 0. The van der Waals surface area contributed by atoms with Crippen LogP contribution in [0.2, 0.25) is 0 Å². The van der Waals surface area contributed by atoms with E-state index in [1.807, 2.05) is 24.3 Å². The van der Waals surface area contributed by atoms with Crippen LogP contribution in [0.15, 0.2) is 59.8 Å². The maximum atomic E-state index is 10.8. The highest BCUT2D eigenvalue weighted by molar-refractivity contribution is 5.88. The molecule has 1 aromatic heterocycles. The molecule has 6 nitrogen and oxygen atoms in total. The van der Waals surface area contributed by atoms with E-state index in [9.17, 15) is 4.79 Å². The van der Waals surface area contributed by atoms with Gasteiger partial charge in [0.2, 0.25) is 0 Å². The minimum absolute atomic E-state index is 0.231. The van der Waals surface area contributed by atoms with Crippen molar-refractivity contribution in [3.8, 4) is 0 Å². The lowest BCUT2D eigenvalue weighted by Gasteiger charge is -2.01. The molecule has 0 unspecified atom stereocenters. The topological polar surface area (TPSA) is 87.5 Å². The summed E-state index contributed by atoms with van der Waals surface area (Å²) in [5, 5.41) is 12.9. The Hall–Kier alpha value is -3.28. The van der Waals surface area contributed by atoms with Crippen molar-refractivity contribution in [2.75, 3.05) is 5.43 Å². The molecule has 0 aliphatic rings. The first-order chi connectivity index (χ1) is 10.7. The molecule has 0 amide bonds. The number of hydrazone groups is 1. The highest BCUT2D eigenvalue weighted by atomic mass is 16.4. The molecule has 0 aliphatic heterocycles. The zero-order valence-corrected chi connectivity index (χ0v) is 11.5. The predicted molar refractivity (Wildman–Crippen MR) is 84.2 cm³/mol. The third kappa shape index (κ3) is 3.06. The van der Waals surface area contributed by atoms with Gasteiger partial charge in [-0.15, -0.1) is 0 Å². The molecule has 2 N–H and O–H groups in total. The highest BCUT2D eigenvalue weighted by Gasteiger charge is 2.01. The molecular weight excluding hydrogens is 280 g/mol. The maximum Gasteiger partial charge on any atom is 0.335 e. The lowest BCUT2D eigenvalue weighted by Crippen LogP contribution is -1.97. The molecule has 2 aromatic carbocycles. The molecule has 0 atom stereocenters. The second kappa shape index (κ2) is 6.01. The van der Waals surface area contributed by atoms with E-state index in [1.54, 1.807) is 24.5 Å². The summed E-state index contributed by atoms with van der Waals surface area (Å²) in [6, 6.07) is 13.9. The van der Waals surface area contributed by atoms with Crippen LogP contribution in [0.1, 0.15) is 16.1 Å². The number of carboxylic acids is 1. The van der Waals surface area contributed by atoms with Crippen LogP contribution in [0, 0.1) is 0 Å². The summed E-state index contributed by atoms with van der Waals surface area (Å²) in [6.45, 7) is 0. The van der Waals surface area contributed by atoms with Gasteiger partial charge in [0.1, 0.15) is 5.69 Å². The van der Waals surface area contributed by atoms with Gasteiger partial charge in [-0.25, -0.2) is 9.78 Å². The lowest BCUT2D eigenvalue weighted by molar-refractivity contribution is 0.0697. The van der Waals surface area contributed by atoms with Crippen molar-refractivity contribution in [3.05, 3.63) is 66.0 Å². The molecule has 0 fully saturated rings. The van der Waals surface area contributed by atoms with Gasteiger partial charge in [0, 0.05) is 0 Å². The molecule has 0 spiro atoms. The molecule has 3 rings (SSSR count). The third-order valence-corrected chi connectivity index (χ3v) is 2.99. The monoisotopic (exact) mass is 292 g/mol. The highest BCUT2D eigenvalue weighted by Crippen LogP contribution is 2.10. The van der Waals surface area contributed by atoms with Gasteiger partial charge in [-0.3, -0.25) is 10.4 Å². The maximum absolute atomic E-state index is 10.8. The number of aromatic nitrogens is 2. The average Bonchev–Trinajstić information content (AvgIpc) is 2.55. The zero-order chi connectivity index (χ0) is 15.4. The van der Waals surface area contributed by atoms with E-state index in [1.165, 1.54) is 12.1 Å². The molecule has 1 heterocycles. The fourth-order valence-electron chi connectivity index (χ4n) is 1.89. The minimum atomic E-state index is -0.957. The van der Waals surface area contributed by atoms with Gasteiger partial charge in [0.15, 0.2) is 0 Å². The Kier molecular flexibility index (Phi) is 3.74. The Labute approximate surface area is 126 Å². The summed E-state index contributed by atoms with van der Waals surface area (Å²) in [7, 11) is 0. The second-order valence-corrected chi connectivity index (χ2v) is 4.54. The molecule has 0 aliphatic carbocycles. The number of hydrogen-bond donors (Lipinski definition) is 2. The van der Waals surface area contributed by atoms with Gasteiger partial charge < -0.3 is 5.11 Å². The van der Waals surface area contributed by atoms with Crippen molar-refractivity contribution in [1.82, 2.24) is 9.97 Å². The van der Waals surface area contributed by atoms with Gasteiger partial charge in [-0.1, -0.05) is 12.1 Å². The summed E-state index contributed by atoms with van der Waals surface area (Å²) in [5.41, 5.74) is 6.00. The van der Waals surface area contributed by atoms with Crippen LogP contribution < -0.4 is 5.43 Å². The van der Waals surface area contributed by atoms with E-state index in [4.69, 9.17) is 5.11 Å². The fraction of sp³-hybridized carbons (Fsp3) is 0. The Balaban J connectivity index is 1.71. The normalized spacial score (nSPS) is 10.9. The molecule has 0 saturated carbocycles. The molecule has 22 heavy (non-hydrogen) atoms. The van der Waals surface area contributed by atoms with Crippen LogP contribution in [0.3, 0.4) is 0 Å². The molecular formula is C16H12N4O2. The van der Waals surface area contributed by atoms with Crippen molar-refractivity contribution in [3.63, 3.8) is 0 Å². The van der Waals surface area contributed by atoms with E-state index >= 15 is 0 Å². The summed E-state index contributed by atoms with van der Waals surface area (Å²) in [5.74, 6) is -0.957. The molecule has 0 radical (unpaired) electrons. The van der Waals surface area contributed by atoms with E-state index < -0.39 is 5.97 Å². The van der Waals surface area contributed by atoms with Crippen LogP contribution in [0.4, 0.5) is 5.69 Å². The average molecular weight is 292 g/mol. The Morgan fingerprint density at radius 2 is 1.82 bits per heavy atom. The SMILES string of the molecule is O=C(O)c1ccc(N/N=C\c2cnc3ccccc3n2)cc1. The first-order valence-electron chi connectivity index (χ1n) is 6.56. The van der Waals surface area contributed by atoms with Crippen LogP contribution in [-0.4, -0.2) is 27.3 Å². The number of hydrogen-bond acceptors (Lipinski definition) is 5. The van der Waals surface area contributed by atoms with Crippen molar-refractivity contribution in [2.45, 2.75) is 0 Å². The van der Waals surface area contributed by atoms with Gasteiger partial charge in [0.25, 0.3) is 0 Å². The summed E-state index contributed by atoms with van der Waals surface area (Å²) in [4.78, 5) is 19.5. The van der Waals surface area contributed by atoms with Gasteiger partial charge in [0.05, 0.1) is 34.7 Å². The lowest BCUT2D eigenvalue weighted by atomic mass is 10.2. The number of nitrogens with zero attached hydrogens (tertiary/aromatic N) is 3. The Morgan fingerprint density at radius 1 is 1.09 bits per heavy atom. The number of anilines is 1. The summed E-state index contributed by atoms with van der Waals surface area (Å²) in [6.07, 6.45) is 3.20. The number of para-hydroxylation sites is 2. The minimum Gasteiger partial charge on any atom is -0.478 e. The molecule has 3 aromatic rings. The number of carboxylic acid groups (broad SMARTS) is 1. The van der Waals surface area contributed by atoms with E-state index in [0.29, 0.717) is 11.4 Å². The van der Waals surface area contributed by atoms with Crippen molar-refractivity contribution in [1.29, 1.82) is 0 Å². The second-order valence-electron chi connectivity index (χ2n) is 4.54. The van der Waals surface area contributed by atoms with Crippen LogP contribution in [0.5, 0.6) is 0 Å². The molecule has 0 saturated heterocycles. The predicted octanol–water partition coefficient (Wildman–Crippen LogP) is 2.77. The van der Waals surface area contributed by atoms with E-state index in [-0.39, 0.29) is 5.56 Å². The quantitative estimate of drug-likeness (QED) is 0.570. The Morgan fingerprint density at radius 3 is 2.55 bits per heavy atom. The Bertz CT molecular complexity index is 844. The first kappa shape index (κ1) is 13.7. The third-order valence-electron chi connectivity index (χ3n) is 2.99. The largest absolute Gasteiger partial charge is 0.478 e.